The van der Waals surface area contributed by atoms with E-state index in [1.807, 2.05) is 19.3 Å². The van der Waals surface area contributed by atoms with E-state index < -0.39 is 0 Å². The molecule has 72 valence electrons. The lowest BCUT2D eigenvalue weighted by Crippen LogP contribution is -1.84. The number of aliphatic hydroxyl groups excluding tert-OH is 1. The van der Waals surface area contributed by atoms with Crippen LogP contribution in [0.1, 0.15) is 5.56 Å². The number of hydrogen-bond donors (Lipinski definition) is 1. The summed E-state index contributed by atoms with van der Waals surface area (Å²) in [5.74, 6) is 0. The number of fused-ring (bicyclic) bond motifs is 1. The molecule has 2 heteroatoms. The highest BCUT2D eigenvalue weighted by Gasteiger charge is 1.97. The summed E-state index contributed by atoms with van der Waals surface area (Å²) < 4.78 is 2.09. The maximum Gasteiger partial charge on any atom is 0.0615 e. The maximum absolute atomic E-state index is 8.66. The number of rotatable bonds is 2. The first kappa shape index (κ1) is 9.03. The maximum atomic E-state index is 8.66. The van der Waals surface area contributed by atoms with Crippen molar-refractivity contribution < 1.29 is 5.11 Å². The number of aromatic nitrogens is 1. The fourth-order valence-electron chi connectivity index (χ4n) is 1.57. The summed E-state index contributed by atoms with van der Waals surface area (Å²) in [6.45, 7) is 0.0885. The van der Waals surface area contributed by atoms with Gasteiger partial charge in [0.1, 0.15) is 0 Å². The van der Waals surface area contributed by atoms with Gasteiger partial charge in [0, 0.05) is 18.8 Å². The van der Waals surface area contributed by atoms with Crippen molar-refractivity contribution in [3.05, 3.63) is 42.1 Å². The lowest BCUT2D eigenvalue weighted by molar-refractivity contribution is 0.343. The zero-order chi connectivity index (χ0) is 9.97. The summed E-state index contributed by atoms with van der Waals surface area (Å²) in [4.78, 5) is 0. The van der Waals surface area contributed by atoms with Crippen molar-refractivity contribution in [2.75, 3.05) is 6.61 Å². The van der Waals surface area contributed by atoms with Crippen molar-refractivity contribution in [2.24, 2.45) is 7.05 Å². The van der Waals surface area contributed by atoms with E-state index in [-0.39, 0.29) is 6.61 Å². The quantitative estimate of drug-likeness (QED) is 0.766. The molecule has 0 fully saturated rings. The SMILES string of the molecule is Cn1ccc2ccc(/C=C/CO)cc21. The van der Waals surface area contributed by atoms with Crippen LogP contribution in [0.2, 0.25) is 0 Å². The second-order valence-electron chi connectivity index (χ2n) is 3.33. The molecule has 2 aromatic rings. The zero-order valence-electron chi connectivity index (χ0n) is 8.14. The summed E-state index contributed by atoms with van der Waals surface area (Å²) in [5, 5.41) is 9.91. The highest BCUT2D eigenvalue weighted by Crippen LogP contribution is 2.17. The topological polar surface area (TPSA) is 25.2 Å². The summed E-state index contributed by atoms with van der Waals surface area (Å²) in [5.41, 5.74) is 2.33. The third-order valence-corrected chi connectivity index (χ3v) is 2.33. The van der Waals surface area contributed by atoms with E-state index in [1.165, 1.54) is 10.9 Å². The van der Waals surface area contributed by atoms with E-state index in [0.717, 1.165) is 5.56 Å². The minimum Gasteiger partial charge on any atom is -0.392 e. The van der Waals surface area contributed by atoms with Crippen LogP contribution >= 0.6 is 0 Å². The number of benzene rings is 1. The molecule has 1 aromatic carbocycles. The summed E-state index contributed by atoms with van der Waals surface area (Å²) in [6.07, 6.45) is 5.71. The minimum absolute atomic E-state index is 0.0885. The molecule has 2 nitrogen and oxygen atoms in total. The van der Waals surface area contributed by atoms with Gasteiger partial charge in [0.05, 0.1) is 6.61 Å². The number of aryl methyl sites for hydroxylation is 1. The first-order chi connectivity index (χ1) is 6.81. The Morgan fingerprint density at radius 1 is 1.36 bits per heavy atom. The van der Waals surface area contributed by atoms with Crippen LogP contribution in [0.15, 0.2) is 36.5 Å². The van der Waals surface area contributed by atoms with Gasteiger partial charge in [-0.3, -0.25) is 0 Å². The van der Waals surface area contributed by atoms with Crippen molar-refractivity contribution in [3.8, 4) is 0 Å². The van der Waals surface area contributed by atoms with Gasteiger partial charge in [-0.25, -0.2) is 0 Å². The third-order valence-electron chi connectivity index (χ3n) is 2.33. The van der Waals surface area contributed by atoms with Crippen molar-refractivity contribution in [1.82, 2.24) is 4.57 Å². The largest absolute Gasteiger partial charge is 0.392 e. The summed E-state index contributed by atoms with van der Waals surface area (Å²) in [7, 11) is 2.03. The molecule has 0 atom stereocenters. The van der Waals surface area contributed by atoms with E-state index >= 15 is 0 Å². The summed E-state index contributed by atoms with van der Waals surface area (Å²) in [6, 6.07) is 8.34. The van der Waals surface area contributed by atoms with Gasteiger partial charge >= 0.3 is 0 Å². The third kappa shape index (κ3) is 1.56. The first-order valence-electron chi connectivity index (χ1n) is 4.64. The molecule has 0 spiro atoms. The molecule has 0 amide bonds. The van der Waals surface area contributed by atoms with E-state index in [2.05, 4.69) is 28.8 Å². The second kappa shape index (κ2) is 3.68. The smallest absolute Gasteiger partial charge is 0.0615 e. The Balaban J connectivity index is 2.49. The highest BCUT2D eigenvalue weighted by molar-refractivity contribution is 5.82. The highest BCUT2D eigenvalue weighted by atomic mass is 16.2. The fourth-order valence-corrected chi connectivity index (χ4v) is 1.57. The average Bonchev–Trinajstić information content (AvgIpc) is 2.57. The molecular formula is C12H13NO. The standard InChI is InChI=1S/C12H13NO/c1-13-7-6-11-5-4-10(3-2-8-14)9-12(11)13/h2-7,9,14H,8H2,1H3/b3-2+. The minimum atomic E-state index is 0.0885. The van der Waals surface area contributed by atoms with Crippen LogP contribution in [0.25, 0.3) is 17.0 Å². The molecule has 0 aliphatic rings. The molecule has 0 saturated heterocycles. The lowest BCUT2D eigenvalue weighted by atomic mass is 10.1. The van der Waals surface area contributed by atoms with Gasteiger partial charge < -0.3 is 9.67 Å². The first-order valence-corrected chi connectivity index (χ1v) is 4.64. The van der Waals surface area contributed by atoms with E-state index in [9.17, 15) is 0 Å². The van der Waals surface area contributed by atoms with Crippen molar-refractivity contribution >= 4 is 17.0 Å². The molecule has 0 saturated carbocycles. The van der Waals surface area contributed by atoms with Gasteiger partial charge in [0.25, 0.3) is 0 Å². The van der Waals surface area contributed by atoms with Crippen LogP contribution in [-0.4, -0.2) is 16.3 Å². The lowest BCUT2D eigenvalue weighted by Gasteiger charge is -1.98. The number of aliphatic hydroxyl groups is 1. The van der Waals surface area contributed by atoms with Crippen LogP contribution in [0, 0.1) is 0 Å². The summed E-state index contributed by atoms with van der Waals surface area (Å²) >= 11 is 0. The Morgan fingerprint density at radius 2 is 2.21 bits per heavy atom. The molecule has 0 bridgehead atoms. The second-order valence-corrected chi connectivity index (χ2v) is 3.33. The monoisotopic (exact) mass is 187 g/mol. The Hall–Kier alpha value is -1.54. The van der Waals surface area contributed by atoms with E-state index in [4.69, 9.17) is 5.11 Å². The molecule has 1 N–H and O–H groups in total. The van der Waals surface area contributed by atoms with Gasteiger partial charge in [-0.05, 0) is 23.1 Å². The molecular weight excluding hydrogens is 174 g/mol. The van der Waals surface area contributed by atoms with Crippen molar-refractivity contribution in [2.45, 2.75) is 0 Å². The van der Waals surface area contributed by atoms with Crippen LogP contribution in [-0.2, 0) is 7.05 Å². The van der Waals surface area contributed by atoms with Crippen molar-refractivity contribution in [3.63, 3.8) is 0 Å². The molecule has 1 heterocycles. The molecule has 0 aliphatic carbocycles. The van der Waals surface area contributed by atoms with Crippen LogP contribution in [0.3, 0.4) is 0 Å². The normalized spacial score (nSPS) is 11.6. The number of hydrogen-bond acceptors (Lipinski definition) is 1. The zero-order valence-corrected chi connectivity index (χ0v) is 8.14. The Kier molecular flexibility index (Phi) is 2.37. The van der Waals surface area contributed by atoms with Crippen LogP contribution in [0.5, 0.6) is 0 Å². The van der Waals surface area contributed by atoms with Gasteiger partial charge in [0.15, 0.2) is 0 Å². The van der Waals surface area contributed by atoms with Gasteiger partial charge in [0.2, 0.25) is 0 Å². The van der Waals surface area contributed by atoms with E-state index in [0.29, 0.717) is 0 Å². The van der Waals surface area contributed by atoms with Gasteiger partial charge in [-0.2, -0.15) is 0 Å². The van der Waals surface area contributed by atoms with E-state index in [1.54, 1.807) is 6.08 Å². The van der Waals surface area contributed by atoms with Gasteiger partial charge in [-0.1, -0.05) is 24.3 Å². The van der Waals surface area contributed by atoms with Crippen LogP contribution in [0.4, 0.5) is 0 Å². The Bertz CT molecular complexity index is 468. The van der Waals surface area contributed by atoms with Gasteiger partial charge in [-0.15, -0.1) is 0 Å². The Labute approximate surface area is 83.1 Å². The molecule has 0 aliphatic heterocycles. The molecule has 0 unspecified atom stereocenters. The Morgan fingerprint density at radius 3 is 3.00 bits per heavy atom. The average molecular weight is 187 g/mol. The van der Waals surface area contributed by atoms with Crippen LogP contribution < -0.4 is 0 Å². The molecule has 14 heavy (non-hydrogen) atoms. The number of nitrogens with zero attached hydrogens (tertiary/aromatic N) is 1. The fraction of sp³-hybridized carbons (Fsp3) is 0.167. The molecule has 1 aromatic heterocycles. The predicted octanol–water partition coefficient (Wildman–Crippen LogP) is 2.18. The molecule has 0 radical (unpaired) electrons. The predicted molar refractivity (Wildman–Crippen MR) is 59.0 cm³/mol. The van der Waals surface area contributed by atoms with Crippen molar-refractivity contribution in [1.29, 1.82) is 0 Å². The molecule has 2 rings (SSSR count).